The Balaban J connectivity index is 2.01. The van der Waals surface area contributed by atoms with E-state index in [-0.39, 0.29) is 0 Å². The first-order valence-electron chi connectivity index (χ1n) is 5.18. The number of hydrogen-bond acceptors (Lipinski definition) is 5. The molecule has 0 amide bonds. The summed E-state index contributed by atoms with van der Waals surface area (Å²) in [6, 6.07) is 0.515. The molecule has 6 heteroatoms. The molecule has 1 saturated heterocycles. The summed E-state index contributed by atoms with van der Waals surface area (Å²) in [5, 5.41) is 10.6. The lowest BCUT2D eigenvalue weighted by Crippen LogP contribution is -2.49. The molecule has 0 radical (unpaired) electrons. The third-order valence-corrected chi connectivity index (χ3v) is 3.01. The number of anilines is 1. The predicted molar refractivity (Wildman–Crippen MR) is 63.3 cm³/mol. The molecule has 0 bridgehead atoms. The Morgan fingerprint density at radius 2 is 2.47 bits per heavy atom. The fourth-order valence-corrected chi connectivity index (χ4v) is 2.14. The highest BCUT2D eigenvalue weighted by atomic mass is 32.2. The van der Waals surface area contributed by atoms with E-state index < -0.39 is 0 Å². The van der Waals surface area contributed by atoms with Crippen molar-refractivity contribution in [3.8, 4) is 0 Å². The Kier molecular flexibility index (Phi) is 3.48. The molecule has 15 heavy (non-hydrogen) atoms. The van der Waals surface area contributed by atoms with E-state index in [1.165, 1.54) is 0 Å². The molecule has 1 aromatic heterocycles. The Morgan fingerprint density at radius 3 is 3.20 bits per heavy atom. The van der Waals surface area contributed by atoms with Gasteiger partial charge in [0.25, 0.3) is 0 Å². The van der Waals surface area contributed by atoms with Crippen molar-refractivity contribution in [2.45, 2.75) is 18.7 Å². The quantitative estimate of drug-likeness (QED) is 0.786. The largest absolute Gasteiger partial charge is 0.337 e. The highest BCUT2D eigenvalue weighted by Gasteiger charge is 2.18. The van der Waals surface area contributed by atoms with Gasteiger partial charge in [0.2, 0.25) is 5.95 Å². The van der Waals surface area contributed by atoms with Crippen molar-refractivity contribution >= 4 is 17.7 Å². The van der Waals surface area contributed by atoms with Crippen LogP contribution in [0.5, 0.6) is 0 Å². The summed E-state index contributed by atoms with van der Waals surface area (Å²) >= 11 is 1.75. The van der Waals surface area contributed by atoms with Crippen molar-refractivity contribution in [3.63, 3.8) is 0 Å². The fraction of sp³-hybridized carbons (Fsp3) is 0.778. The van der Waals surface area contributed by atoms with Crippen LogP contribution in [-0.2, 0) is 5.75 Å². The monoisotopic (exact) mass is 227 g/mol. The summed E-state index contributed by atoms with van der Waals surface area (Å²) in [6.45, 7) is 5.16. The van der Waals surface area contributed by atoms with Gasteiger partial charge in [-0.05, 0) is 13.2 Å². The molecule has 0 spiro atoms. The molecule has 0 aliphatic carbocycles. The van der Waals surface area contributed by atoms with E-state index in [1.807, 2.05) is 0 Å². The van der Waals surface area contributed by atoms with E-state index in [2.05, 4.69) is 38.6 Å². The van der Waals surface area contributed by atoms with E-state index >= 15 is 0 Å². The highest BCUT2D eigenvalue weighted by Crippen LogP contribution is 2.12. The van der Waals surface area contributed by atoms with Gasteiger partial charge in [-0.2, -0.15) is 16.7 Å². The van der Waals surface area contributed by atoms with Crippen molar-refractivity contribution in [3.05, 3.63) is 5.82 Å². The van der Waals surface area contributed by atoms with Crippen LogP contribution in [0.1, 0.15) is 12.7 Å². The summed E-state index contributed by atoms with van der Waals surface area (Å²) in [5.41, 5.74) is 0. The van der Waals surface area contributed by atoms with E-state index in [0.717, 1.165) is 37.2 Å². The van der Waals surface area contributed by atoms with E-state index in [9.17, 15) is 0 Å². The molecule has 1 aliphatic heterocycles. The van der Waals surface area contributed by atoms with Gasteiger partial charge in [0.1, 0.15) is 5.82 Å². The minimum atomic E-state index is 0.515. The second-order valence-electron chi connectivity index (χ2n) is 3.82. The molecule has 2 N–H and O–H groups in total. The Bertz CT molecular complexity index is 313. The van der Waals surface area contributed by atoms with Crippen LogP contribution in [0.2, 0.25) is 0 Å². The lowest BCUT2D eigenvalue weighted by Gasteiger charge is -2.30. The topological polar surface area (TPSA) is 56.8 Å². The molecule has 1 aromatic rings. The maximum absolute atomic E-state index is 4.47. The van der Waals surface area contributed by atoms with Crippen molar-refractivity contribution in [1.29, 1.82) is 0 Å². The van der Waals surface area contributed by atoms with Crippen molar-refractivity contribution < 1.29 is 0 Å². The van der Waals surface area contributed by atoms with Gasteiger partial charge in [0.05, 0.1) is 5.75 Å². The molecule has 0 saturated carbocycles. The van der Waals surface area contributed by atoms with Gasteiger partial charge < -0.3 is 10.2 Å². The number of aromatic amines is 1. The molecule has 2 rings (SSSR count). The molecular weight excluding hydrogens is 210 g/mol. The number of H-pyrrole nitrogens is 1. The minimum Gasteiger partial charge on any atom is -0.337 e. The minimum absolute atomic E-state index is 0.515. The fourth-order valence-electron chi connectivity index (χ4n) is 1.74. The van der Waals surface area contributed by atoms with Crippen LogP contribution >= 0.6 is 11.8 Å². The van der Waals surface area contributed by atoms with E-state index in [0.29, 0.717) is 6.04 Å². The van der Waals surface area contributed by atoms with Crippen LogP contribution in [0.4, 0.5) is 5.95 Å². The summed E-state index contributed by atoms with van der Waals surface area (Å²) < 4.78 is 0. The number of rotatable bonds is 3. The lowest BCUT2D eigenvalue weighted by atomic mass is 10.2. The predicted octanol–water partition coefficient (Wildman–Crippen LogP) is 0.466. The molecule has 1 atom stereocenters. The molecule has 0 aromatic carbocycles. The van der Waals surface area contributed by atoms with E-state index in [4.69, 9.17) is 0 Å². The Hall–Kier alpha value is -0.750. The molecular formula is C9H17N5S. The average Bonchev–Trinajstić information content (AvgIpc) is 2.67. The second-order valence-corrected chi connectivity index (χ2v) is 4.68. The van der Waals surface area contributed by atoms with Crippen LogP contribution in [0.3, 0.4) is 0 Å². The zero-order valence-corrected chi connectivity index (χ0v) is 9.97. The van der Waals surface area contributed by atoms with Gasteiger partial charge in [0.15, 0.2) is 0 Å². The smallest absolute Gasteiger partial charge is 0.244 e. The number of thioether (sulfide) groups is 1. The molecule has 1 aliphatic rings. The van der Waals surface area contributed by atoms with Gasteiger partial charge in [0, 0.05) is 25.7 Å². The van der Waals surface area contributed by atoms with Gasteiger partial charge in [-0.15, -0.1) is 5.10 Å². The van der Waals surface area contributed by atoms with Crippen molar-refractivity contribution in [2.24, 2.45) is 0 Å². The molecule has 84 valence electrons. The van der Waals surface area contributed by atoms with E-state index in [1.54, 1.807) is 11.8 Å². The van der Waals surface area contributed by atoms with Gasteiger partial charge in [-0.25, -0.2) is 0 Å². The zero-order chi connectivity index (χ0) is 10.7. The Labute approximate surface area is 94.0 Å². The maximum atomic E-state index is 4.47. The third-order valence-electron chi connectivity index (χ3n) is 2.45. The summed E-state index contributed by atoms with van der Waals surface area (Å²) in [4.78, 5) is 6.69. The highest BCUT2D eigenvalue weighted by molar-refractivity contribution is 7.97. The first kappa shape index (κ1) is 10.8. The number of aromatic nitrogens is 3. The first-order chi connectivity index (χ1) is 7.29. The average molecular weight is 227 g/mol. The SMILES string of the molecule is CSCc1nc(N2CCN[C@H](C)C2)n[nH]1. The van der Waals surface area contributed by atoms with Crippen molar-refractivity contribution in [2.75, 3.05) is 30.8 Å². The summed E-state index contributed by atoms with van der Waals surface area (Å²) in [7, 11) is 0. The third kappa shape index (κ3) is 2.63. The Morgan fingerprint density at radius 1 is 1.60 bits per heavy atom. The second kappa shape index (κ2) is 4.85. The first-order valence-corrected chi connectivity index (χ1v) is 6.57. The normalized spacial score (nSPS) is 22.0. The van der Waals surface area contributed by atoms with Gasteiger partial charge >= 0.3 is 0 Å². The molecule has 0 unspecified atom stereocenters. The maximum Gasteiger partial charge on any atom is 0.244 e. The van der Waals surface area contributed by atoms with Crippen LogP contribution in [0, 0.1) is 0 Å². The van der Waals surface area contributed by atoms with Gasteiger partial charge in [-0.1, -0.05) is 0 Å². The number of nitrogens with zero attached hydrogens (tertiary/aromatic N) is 3. The zero-order valence-electron chi connectivity index (χ0n) is 9.16. The molecule has 5 nitrogen and oxygen atoms in total. The van der Waals surface area contributed by atoms with Crippen LogP contribution in [0.15, 0.2) is 0 Å². The summed E-state index contributed by atoms with van der Waals surface area (Å²) in [6.07, 6.45) is 2.06. The standard InChI is InChI=1S/C9H17N5S/c1-7-5-14(4-3-10-7)9-11-8(6-15-2)12-13-9/h7,10H,3-6H2,1-2H3,(H,11,12,13)/t7-/m1/s1. The number of hydrogen-bond donors (Lipinski definition) is 2. The molecule has 1 fully saturated rings. The van der Waals surface area contributed by atoms with Crippen LogP contribution in [-0.4, -0.2) is 47.1 Å². The van der Waals surface area contributed by atoms with Crippen LogP contribution in [0.25, 0.3) is 0 Å². The van der Waals surface area contributed by atoms with Crippen LogP contribution < -0.4 is 10.2 Å². The van der Waals surface area contributed by atoms with Crippen molar-refractivity contribution in [1.82, 2.24) is 20.5 Å². The number of piperazine rings is 1. The van der Waals surface area contributed by atoms with Gasteiger partial charge in [-0.3, -0.25) is 5.10 Å². The number of nitrogens with one attached hydrogen (secondary N) is 2. The summed E-state index contributed by atoms with van der Waals surface area (Å²) in [5.74, 6) is 2.70. The molecule has 2 heterocycles. The lowest BCUT2D eigenvalue weighted by molar-refractivity contribution is 0.480.